The Bertz CT molecular complexity index is 755. The number of rotatable bonds is 3. The molecule has 1 aliphatic rings. The van der Waals surface area contributed by atoms with E-state index in [1.165, 1.54) is 5.56 Å². The number of aromatic carboxylic acids is 1. The van der Waals surface area contributed by atoms with Gasteiger partial charge in [0.25, 0.3) is 0 Å². The molecule has 0 atom stereocenters. The summed E-state index contributed by atoms with van der Waals surface area (Å²) in [6.45, 7) is 5.25. The Morgan fingerprint density at radius 3 is 2.43 bits per heavy atom. The van der Waals surface area contributed by atoms with E-state index in [0.717, 1.165) is 29.9 Å². The third-order valence-corrected chi connectivity index (χ3v) is 4.34. The van der Waals surface area contributed by atoms with Gasteiger partial charge in [-0.25, -0.2) is 4.79 Å². The van der Waals surface area contributed by atoms with Crippen molar-refractivity contribution in [3.8, 4) is 5.75 Å². The molecule has 23 heavy (non-hydrogen) atoms. The molecule has 3 heteroatoms. The number of ether oxygens (including phenoxy) is 1. The Hall–Kier alpha value is -2.55. The Labute approximate surface area is 136 Å². The molecular weight excluding hydrogens is 288 g/mol. The summed E-state index contributed by atoms with van der Waals surface area (Å²) in [6.07, 6.45) is 5.05. The molecule has 2 aromatic carbocycles. The fourth-order valence-corrected chi connectivity index (χ4v) is 2.79. The Morgan fingerprint density at radius 2 is 1.74 bits per heavy atom. The first-order chi connectivity index (χ1) is 11.0. The van der Waals surface area contributed by atoms with Crippen molar-refractivity contribution in [3.05, 3.63) is 64.7 Å². The minimum absolute atomic E-state index is 0.126. The van der Waals surface area contributed by atoms with Gasteiger partial charge in [-0.3, -0.25) is 0 Å². The zero-order chi connectivity index (χ0) is 16.4. The molecule has 1 aliphatic heterocycles. The highest BCUT2D eigenvalue weighted by Gasteiger charge is 2.28. The summed E-state index contributed by atoms with van der Waals surface area (Å²) < 4.78 is 5.73. The molecule has 3 nitrogen and oxygen atoms in total. The number of carbonyl (C=O) groups is 1. The van der Waals surface area contributed by atoms with Crippen LogP contribution in [0.15, 0.2) is 42.5 Å². The van der Waals surface area contributed by atoms with Gasteiger partial charge in [-0.15, -0.1) is 0 Å². The maximum Gasteiger partial charge on any atom is 0.335 e. The largest absolute Gasteiger partial charge is 0.493 e. The molecule has 118 valence electrons. The maximum absolute atomic E-state index is 10.9. The monoisotopic (exact) mass is 308 g/mol. The molecule has 0 amide bonds. The topological polar surface area (TPSA) is 46.5 Å². The van der Waals surface area contributed by atoms with Crippen LogP contribution in [0.25, 0.3) is 12.2 Å². The molecule has 0 radical (unpaired) electrons. The summed E-state index contributed by atoms with van der Waals surface area (Å²) in [6, 6.07) is 13.1. The van der Waals surface area contributed by atoms with E-state index < -0.39 is 5.97 Å². The molecule has 3 rings (SSSR count). The Balaban J connectivity index is 1.84. The molecule has 0 unspecified atom stereocenters. The van der Waals surface area contributed by atoms with Crippen LogP contribution in [0.1, 0.15) is 47.3 Å². The molecule has 0 saturated heterocycles. The van der Waals surface area contributed by atoms with Gasteiger partial charge in [-0.2, -0.15) is 0 Å². The summed E-state index contributed by atoms with van der Waals surface area (Å²) >= 11 is 0. The Kier molecular flexibility index (Phi) is 3.95. The molecule has 0 aromatic heterocycles. The zero-order valence-electron chi connectivity index (χ0n) is 13.4. The molecule has 0 saturated carbocycles. The summed E-state index contributed by atoms with van der Waals surface area (Å²) in [5, 5.41) is 8.92. The quantitative estimate of drug-likeness (QED) is 0.842. The molecule has 0 fully saturated rings. The van der Waals surface area contributed by atoms with Crippen LogP contribution in [0.3, 0.4) is 0 Å². The van der Waals surface area contributed by atoms with Gasteiger partial charge < -0.3 is 9.84 Å². The lowest BCUT2D eigenvalue weighted by molar-refractivity contribution is 0.0697. The number of benzene rings is 2. The molecule has 1 heterocycles. The van der Waals surface area contributed by atoms with Crippen LogP contribution in [0.2, 0.25) is 0 Å². The van der Waals surface area contributed by atoms with Crippen LogP contribution < -0.4 is 4.74 Å². The van der Waals surface area contributed by atoms with Gasteiger partial charge in [-0.1, -0.05) is 44.2 Å². The van der Waals surface area contributed by atoms with Crippen molar-refractivity contribution < 1.29 is 14.6 Å². The van der Waals surface area contributed by atoms with Crippen molar-refractivity contribution in [2.75, 3.05) is 6.61 Å². The van der Waals surface area contributed by atoms with Gasteiger partial charge in [-0.05, 0) is 47.2 Å². The molecule has 0 aliphatic carbocycles. The van der Waals surface area contributed by atoms with Gasteiger partial charge in [0.2, 0.25) is 0 Å². The fourth-order valence-electron chi connectivity index (χ4n) is 2.79. The average Bonchev–Trinajstić information content (AvgIpc) is 2.53. The number of fused-ring (bicyclic) bond motifs is 1. The first-order valence-corrected chi connectivity index (χ1v) is 7.74. The minimum Gasteiger partial charge on any atom is -0.493 e. The van der Waals surface area contributed by atoms with Gasteiger partial charge in [0.05, 0.1) is 12.2 Å². The number of carboxylic acids is 1. The average molecular weight is 308 g/mol. The zero-order valence-corrected chi connectivity index (χ0v) is 13.4. The van der Waals surface area contributed by atoms with E-state index in [0.29, 0.717) is 5.56 Å². The lowest BCUT2D eigenvalue weighted by Gasteiger charge is -2.32. The van der Waals surface area contributed by atoms with Gasteiger partial charge in [0.1, 0.15) is 5.75 Å². The van der Waals surface area contributed by atoms with Crippen LogP contribution in [0, 0.1) is 0 Å². The third-order valence-electron chi connectivity index (χ3n) is 4.34. The summed E-state index contributed by atoms with van der Waals surface area (Å²) in [5.41, 5.74) is 3.76. The van der Waals surface area contributed by atoms with Crippen molar-refractivity contribution in [2.45, 2.75) is 25.7 Å². The van der Waals surface area contributed by atoms with Crippen LogP contribution in [0.5, 0.6) is 5.75 Å². The van der Waals surface area contributed by atoms with E-state index in [1.807, 2.05) is 36.4 Å². The van der Waals surface area contributed by atoms with Crippen LogP contribution in [-0.4, -0.2) is 17.7 Å². The van der Waals surface area contributed by atoms with Gasteiger partial charge in [0.15, 0.2) is 0 Å². The highest BCUT2D eigenvalue weighted by Crippen LogP contribution is 2.38. The number of carboxylic acid groups (broad SMARTS) is 1. The molecule has 0 spiro atoms. The first-order valence-electron chi connectivity index (χ1n) is 7.74. The van der Waals surface area contributed by atoms with Crippen molar-refractivity contribution in [2.24, 2.45) is 0 Å². The SMILES string of the molecule is CC1(C)CCOc2ccc(/C=C/c3ccc(C(=O)O)cc3)cc21. The summed E-state index contributed by atoms with van der Waals surface area (Å²) in [4.78, 5) is 10.9. The maximum atomic E-state index is 10.9. The lowest BCUT2D eigenvalue weighted by Crippen LogP contribution is -2.26. The number of hydrogen-bond donors (Lipinski definition) is 1. The van der Waals surface area contributed by atoms with E-state index in [9.17, 15) is 4.79 Å². The van der Waals surface area contributed by atoms with Crippen LogP contribution >= 0.6 is 0 Å². The Morgan fingerprint density at radius 1 is 1.09 bits per heavy atom. The molecule has 0 bridgehead atoms. The first kappa shape index (κ1) is 15.3. The summed E-state index contributed by atoms with van der Waals surface area (Å²) in [7, 11) is 0. The lowest BCUT2D eigenvalue weighted by atomic mass is 9.79. The normalized spacial score (nSPS) is 15.9. The van der Waals surface area contributed by atoms with Gasteiger partial charge in [0, 0.05) is 5.56 Å². The molecule has 1 N–H and O–H groups in total. The summed E-state index contributed by atoms with van der Waals surface area (Å²) in [5.74, 6) is 0.0710. The van der Waals surface area contributed by atoms with Crippen LogP contribution in [0.4, 0.5) is 0 Å². The van der Waals surface area contributed by atoms with Crippen molar-refractivity contribution in [3.63, 3.8) is 0 Å². The predicted molar refractivity (Wildman–Crippen MR) is 91.9 cm³/mol. The van der Waals surface area contributed by atoms with Crippen LogP contribution in [-0.2, 0) is 5.41 Å². The predicted octanol–water partition coefficient (Wildman–Crippen LogP) is 4.62. The molecule has 2 aromatic rings. The third kappa shape index (κ3) is 3.29. The van der Waals surface area contributed by atoms with Crippen molar-refractivity contribution >= 4 is 18.1 Å². The van der Waals surface area contributed by atoms with E-state index in [4.69, 9.17) is 9.84 Å². The molecular formula is C20H20O3. The fraction of sp³-hybridized carbons (Fsp3) is 0.250. The highest BCUT2D eigenvalue weighted by molar-refractivity contribution is 5.88. The second-order valence-electron chi connectivity index (χ2n) is 6.50. The van der Waals surface area contributed by atoms with E-state index >= 15 is 0 Å². The van der Waals surface area contributed by atoms with Crippen molar-refractivity contribution in [1.82, 2.24) is 0 Å². The number of hydrogen-bond acceptors (Lipinski definition) is 2. The minimum atomic E-state index is -0.905. The van der Waals surface area contributed by atoms with E-state index in [2.05, 4.69) is 19.9 Å². The smallest absolute Gasteiger partial charge is 0.335 e. The second-order valence-corrected chi connectivity index (χ2v) is 6.50. The van der Waals surface area contributed by atoms with E-state index in [-0.39, 0.29) is 5.41 Å². The standard InChI is InChI=1S/C20H20O3/c1-20(2)11-12-23-18-10-7-15(13-17(18)20)4-3-14-5-8-16(9-6-14)19(21)22/h3-10,13H,11-12H2,1-2H3,(H,21,22)/b4-3+. The second kappa shape index (κ2) is 5.92. The van der Waals surface area contributed by atoms with Crippen molar-refractivity contribution in [1.29, 1.82) is 0 Å². The highest BCUT2D eigenvalue weighted by atomic mass is 16.5. The van der Waals surface area contributed by atoms with E-state index in [1.54, 1.807) is 12.1 Å². The van der Waals surface area contributed by atoms with Gasteiger partial charge >= 0.3 is 5.97 Å².